The van der Waals surface area contributed by atoms with Crippen LogP contribution in [0.3, 0.4) is 0 Å². The molecule has 0 saturated carbocycles. The van der Waals surface area contributed by atoms with Crippen LogP contribution in [0, 0.1) is 0 Å². The molecule has 4 heterocycles. The zero-order valence-corrected chi connectivity index (χ0v) is 28.1. The van der Waals surface area contributed by atoms with Gasteiger partial charge in [0.2, 0.25) is 0 Å². The first-order chi connectivity index (χ1) is 23.8. The molecular formula is C44H25NOSSe. The van der Waals surface area contributed by atoms with Gasteiger partial charge in [0.25, 0.3) is 0 Å². The number of furan rings is 1. The Hall–Kier alpha value is -5.38. The van der Waals surface area contributed by atoms with E-state index >= 15 is 0 Å². The fourth-order valence-electron chi connectivity index (χ4n) is 7.61. The fraction of sp³-hybridized carbons (Fsp3) is 0. The van der Waals surface area contributed by atoms with Crippen LogP contribution in [0.1, 0.15) is 0 Å². The third kappa shape index (κ3) is 3.85. The van der Waals surface area contributed by atoms with E-state index < -0.39 is 0 Å². The molecule has 0 bridgehead atoms. The van der Waals surface area contributed by atoms with E-state index in [4.69, 9.17) is 4.42 Å². The van der Waals surface area contributed by atoms with Crippen molar-refractivity contribution in [1.29, 1.82) is 0 Å². The molecule has 4 aromatic heterocycles. The van der Waals surface area contributed by atoms with Crippen molar-refractivity contribution in [3.63, 3.8) is 0 Å². The van der Waals surface area contributed by atoms with Crippen LogP contribution < -0.4 is 0 Å². The maximum atomic E-state index is 6.10. The van der Waals surface area contributed by atoms with Gasteiger partial charge < -0.3 is 0 Å². The van der Waals surface area contributed by atoms with Crippen molar-refractivity contribution < 1.29 is 4.42 Å². The van der Waals surface area contributed by atoms with Crippen LogP contribution in [0.25, 0.3) is 100 Å². The van der Waals surface area contributed by atoms with Crippen molar-refractivity contribution in [3.8, 4) is 27.9 Å². The maximum absolute atomic E-state index is 6.10. The van der Waals surface area contributed by atoms with Crippen LogP contribution in [0.15, 0.2) is 156 Å². The monoisotopic (exact) mass is 695 g/mol. The normalized spacial score (nSPS) is 12.2. The van der Waals surface area contributed by atoms with Gasteiger partial charge in [-0.15, -0.1) is 0 Å². The average Bonchev–Trinajstić information content (AvgIpc) is 3.88. The predicted molar refractivity (Wildman–Crippen MR) is 206 cm³/mol. The molecule has 0 aliphatic heterocycles. The number of fused-ring (bicyclic) bond motifs is 11. The molecule has 11 rings (SSSR count). The van der Waals surface area contributed by atoms with Crippen molar-refractivity contribution >= 4 is 98.3 Å². The first kappa shape index (κ1) is 26.7. The van der Waals surface area contributed by atoms with Crippen molar-refractivity contribution in [2.24, 2.45) is 0 Å². The molecule has 0 aliphatic carbocycles. The van der Waals surface area contributed by atoms with Gasteiger partial charge in [0, 0.05) is 0 Å². The summed E-state index contributed by atoms with van der Waals surface area (Å²) in [5.74, 6) is 0. The first-order valence-corrected chi connectivity index (χ1v) is 18.7. The van der Waals surface area contributed by atoms with Gasteiger partial charge in [0.1, 0.15) is 0 Å². The van der Waals surface area contributed by atoms with Crippen LogP contribution in [-0.2, 0) is 0 Å². The van der Waals surface area contributed by atoms with E-state index in [1.807, 2.05) is 23.5 Å². The SMILES string of the molecule is c1cc(-c2ccc3c(c2)[se]c2sc4ccc(-c5ccc6oc7ccccc7c6c5)cc4c23)cc(-n2c3ccccc3c3ccccc32)c1. The number of para-hydroxylation sites is 3. The number of nitrogens with zero attached hydrogens (tertiary/aromatic N) is 1. The number of benzene rings is 7. The van der Waals surface area contributed by atoms with Gasteiger partial charge in [-0.3, -0.25) is 0 Å². The van der Waals surface area contributed by atoms with Gasteiger partial charge >= 0.3 is 287 Å². The van der Waals surface area contributed by atoms with Gasteiger partial charge in [-0.2, -0.15) is 0 Å². The zero-order valence-electron chi connectivity index (χ0n) is 25.6. The van der Waals surface area contributed by atoms with Gasteiger partial charge in [-0.25, -0.2) is 0 Å². The summed E-state index contributed by atoms with van der Waals surface area (Å²) in [6.07, 6.45) is 0. The van der Waals surface area contributed by atoms with E-state index in [0.717, 1.165) is 11.2 Å². The number of hydrogen-bond acceptors (Lipinski definition) is 2. The summed E-state index contributed by atoms with van der Waals surface area (Å²) < 4.78 is 12.9. The number of hydrogen-bond donors (Lipinski definition) is 0. The van der Waals surface area contributed by atoms with E-state index in [1.165, 1.54) is 89.2 Å². The average molecular weight is 695 g/mol. The van der Waals surface area contributed by atoms with E-state index in [9.17, 15) is 0 Å². The molecule has 2 nitrogen and oxygen atoms in total. The van der Waals surface area contributed by atoms with E-state index in [1.54, 1.807) is 0 Å². The number of rotatable bonds is 3. The Balaban J connectivity index is 1.03. The molecule has 48 heavy (non-hydrogen) atoms. The molecule has 0 radical (unpaired) electrons. The summed E-state index contributed by atoms with van der Waals surface area (Å²) >= 11 is 2.25. The second-order valence-electron chi connectivity index (χ2n) is 12.5. The molecule has 0 aliphatic rings. The number of thiophene rings is 1. The molecule has 0 fully saturated rings. The molecular weight excluding hydrogens is 670 g/mol. The number of aromatic nitrogens is 1. The molecule has 0 unspecified atom stereocenters. The van der Waals surface area contributed by atoms with Crippen LogP contribution in [0.4, 0.5) is 0 Å². The Labute approximate surface area is 285 Å². The molecule has 224 valence electrons. The predicted octanol–water partition coefficient (Wildman–Crippen LogP) is 12.6. The Morgan fingerprint density at radius 2 is 1.10 bits per heavy atom. The molecule has 11 aromatic rings. The molecule has 7 aromatic carbocycles. The Kier molecular flexibility index (Phi) is 5.59. The van der Waals surface area contributed by atoms with E-state index in [-0.39, 0.29) is 14.5 Å². The van der Waals surface area contributed by atoms with Crippen LogP contribution in [0.5, 0.6) is 0 Å². The molecule has 0 N–H and O–H groups in total. The second kappa shape index (κ2) is 10.1. The van der Waals surface area contributed by atoms with Crippen molar-refractivity contribution in [3.05, 3.63) is 152 Å². The molecule has 0 spiro atoms. The first-order valence-electron chi connectivity index (χ1n) is 16.2. The Morgan fingerprint density at radius 3 is 1.94 bits per heavy atom. The quantitative estimate of drug-likeness (QED) is 0.168. The minimum absolute atomic E-state index is 0.281. The molecule has 4 heteroatoms. The summed E-state index contributed by atoms with van der Waals surface area (Å²) in [5, 5.41) is 9.11. The van der Waals surface area contributed by atoms with Crippen molar-refractivity contribution in [1.82, 2.24) is 4.57 Å². The van der Waals surface area contributed by atoms with E-state index in [0.29, 0.717) is 0 Å². The van der Waals surface area contributed by atoms with Gasteiger partial charge in [0.05, 0.1) is 0 Å². The molecule has 0 amide bonds. The van der Waals surface area contributed by atoms with Gasteiger partial charge in [-0.05, 0) is 0 Å². The minimum atomic E-state index is 0.281. The Morgan fingerprint density at radius 1 is 0.458 bits per heavy atom. The van der Waals surface area contributed by atoms with Crippen LogP contribution in [0.2, 0.25) is 0 Å². The van der Waals surface area contributed by atoms with Gasteiger partial charge in [-0.1, -0.05) is 0 Å². The van der Waals surface area contributed by atoms with E-state index in [2.05, 4.69) is 144 Å². The summed E-state index contributed by atoms with van der Waals surface area (Å²) in [4.78, 5) is 0. The molecule has 0 saturated heterocycles. The molecule has 0 atom stereocenters. The standard InChI is InChI=1S/C44H25NOSSe/c1-4-13-37-31(10-1)32-11-2-5-14-38(32)45(37)30-9-7-8-26(22-30)29-16-19-34-42(25-29)48-44-43(34)36-24-28(18-21-41(36)47-44)27-17-20-40-35(23-27)33-12-3-6-15-39(33)46-40/h1-25H. The summed E-state index contributed by atoms with van der Waals surface area (Å²) in [6, 6.07) is 55.5. The third-order valence-electron chi connectivity index (χ3n) is 9.84. The van der Waals surface area contributed by atoms with Crippen molar-refractivity contribution in [2.75, 3.05) is 0 Å². The summed E-state index contributed by atoms with van der Waals surface area (Å²) in [5.41, 5.74) is 10.5. The second-order valence-corrected chi connectivity index (χ2v) is 16.4. The third-order valence-corrected chi connectivity index (χ3v) is 13.7. The van der Waals surface area contributed by atoms with Gasteiger partial charge in [0.15, 0.2) is 0 Å². The Bertz CT molecular complexity index is 3030. The summed E-state index contributed by atoms with van der Waals surface area (Å²) in [6.45, 7) is 0. The fourth-order valence-corrected chi connectivity index (χ4v) is 11.9. The van der Waals surface area contributed by atoms with Crippen molar-refractivity contribution in [2.45, 2.75) is 0 Å². The topological polar surface area (TPSA) is 18.1 Å². The van der Waals surface area contributed by atoms with Crippen LogP contribution >= 0.6 is 11.3 Å². The summed E-state index contributed by atoms with van der Waals surface area (Å²) in [7, 11) is 0. The van der Waals surface area contributed by atoms with Crippen LogP contribution in [-0.4, -0.2) is 19.1 Å². The zero-order chi connectivity index (χ0) is 31.3.